The van der Waals surface area contributed by atoms with Gasteiger partial charge in [0.05, 0.1) is 28.1 Å². The summed E-state index contributed by atoms with van der Waals surface area (Å²) in [6.07, 6.45) is 4.00. The fraction of sp³-hybridized carbons (Fsp3) is 0.395. The standard InChI is InChI=1S/C43H48N6O4/c1-42(2,3)52-40(50)47-32-10-7-9-31(32)38-44-33-20-17-28(24-35(33)46-38)26-14-12-25(13-15-26)27-16-19-30-29(23-27)18-21-34-37(30)48-39(45-34)36-11-8-22-49(36)41(51)53-43(4,5)6/h12-21,23-24,31-32,36H,7-11,22H2,1-6H3,(H,44,46)(H,45,48)(H,47,50). The molecule has 3 unspecified atom stereocenters. The molecule has 274 valence electrons. The Labute approximate surface area is 309 Å². The van der Waals surface area contributed by atoms with Crippen LogP contribution >= 0.6 is 0 Å². The maximum absolute atomic E-state index is 13.0. The molecule has 0 radical (unpaired) electrons. The second-order valence-electron chi connectivity index (χ2n) is 16.6. The van der Waals surface area contributed by atoms with Crippen LogP contribution in [0.3, 0.4) is 0 Å². The summed E-state index contributed by atoms with van der Waals surface area (Å²) < 4.78 is 11.2. The lowest BCUT2D eigenvalue weighted by molar-refractivity contribution is 0.0218. The molecule has 2 amide bonds. The zero-order chi connectivity index (χ0) is 37.1. The van der Waals surface area contributed by atoms with Crippen molar-refractivity contribution in [3.63, 3.8) is 0 Å². The molecule has 0 spiro atoms. The highest BCUT2D eigenvalue weighted by atomic mass is 16.6. The quantitative estimate of drug-likeness (QED) is 0.163. The van der Waals surface area contributed by atoms with Gasteiger partial charge in [0.15, 0.2) is 0 Å². The summed E-state index contributed by atoms with van der Waals surface area (Å²) in [7, 11) is 0. The average Bonchev–Trinajstić information content (AvgIpc) is 3.91. The summed E-state index contributed by atoms with van der Waals surface area (Å²) in [5, 5.41) is 5.27. The van der Waals surface area contributed by atoms with Crippen molar-refractivity contribution < 1.29 is 19.1 Å². The maximum atomic E-state index is 13.0. The first kappa shape index (κ1) is 34.7. The summed E-state index contributed by atoms with van der Waals surface area (Å²) in [5.74, 6) is 1.83. The largest absolute Gasteiger partial charge is 0.444 e. The van der Waals surface area contributed by atoms with Gasteiger partial charge in [-0.3, -0.25) is 4.90 Å². The Morgan fingerprint density at radius 3 is 2.13 bits per heavy atom. The minimum atomic E-state index is -0.545. The van der Waals surface area contributed by atoms with Gasteiger partial charge < -0.3 is 24.8 Å². The highest BCUT2D eigenvalue weighted by Crippen LogP contribution is 2.37. The van der Waals surface area contributed by atoms with Crippen LogP contribution in [0.25, 0.3) is 55.1 Å². The number of hydrogen-bond acceptors (Lipinski definition) is 6. The fourth-order valence-electron chi connectivity index (χ4n) is 7.91. The third-order valence-corrected chi connectivity index (χ3v) is 10.3. The van der Waals surface area contributed by atoms with Crippen LogP contribution in [0.2, 0.25) is 0 Å². The molecule has 3 N–H and O–H groups in total. The molecule has 10 nitrogen and oxygen atoms in total. The van der Waals surface area contributed by atoms with Gasteiger partial charge in [0.1, 0.15) is 22.9 Å². The van der Waals surface area contributed by atoms with Crippen LogP contribution in [0.15, 0.2) is 72.8 Å². The number of H-pyrrole nitrogens is 2. The van der Waals surface area contributed by atoms with E-state index in [1.54, 1.807) is 4.90 Å². The van der Waals surface area contributed by atoms with E-state index < -0.39 is 11.2 Å². The normalized spacial score (nSPS) is 19.4. The molecule has 1 aliphatic carbocycles. The number of aromatic amines is 2. The molecule has 1 aliphatic heterocycles. The minimum absolute atomic E-state index is 0.0102. The third kappa shape index (κ3) is 7.19. The molecular formula is C43H48N6O4. The topological polar surface area (TPSA) is 125 Å². The zero-order valence-electron chi connectivity index (χ0n) is 31.4. The number of aromatic nitrogens is 4. The minimum Gasteiger partial charge on any atom is -0.444 e. The van der Waals surface area contributed by atoms with Crippen molar-refractivity contribution in [1.29, 1.82) is 0 Å². The molecule has 10 heteroatoms. The summed E-state index contributed by atoms with van der Waals surface area (Å²) in [4.78, 5) is 44.3. The van der Waals surface area contributed by atoms with E-state index in [-0.39, 0.29) is 30.2 Å². The number of benzene rings is 4. The van der Waals surface area contributed by atoms with Crippen molar-refractivity contribution in [1.82, 2.24) is 30.2 Å². The molecule has 3 atom stereocenters. The number of fused-ring (bicyclic) bond motifs is 4. The fourth-order valence-corrected chi connectivity index (χ4v) is 7.91. The molecule has 4 aromatic carbocycles. The molecule has 2 aliphatic rings. The number of alkyl carbamates (subject to hydrolysis) is 1. The van der Waals surface area contributed by atoms with Gasteiger partial charge in [-0.15, -0.1) is 0 Å². The van der Waals surface area contributed by atoms with Gasteiger partial charge in [-0.05, 0) is 119 Å². The number of nitrogens with zero attached hydrogens (tertiary/aromatic N) is 3. The number of carbonyl (C=O) groups excluding carboxylic acids is 2. The number of hydrogen-bond donors (Lipinski definition) is 3. The van der Waals surface area contributed by atoms with E-state index in [0.29, 0.717) is 6.54 Å². The number of nitrogens with one attached hydrogen (secondary N) is 3. The average molecular weight is 713 g/mol. The number of imidazole rings is 2. The number of carbonyl (C=O) groups is 2. The van der Waals surface area contributed by atoms with Gasteiger partial charge in [-0.2, -0.15) is 0 Å². The van der Waals surface area contributed by atoms with E-state index in [1.165, 1.54) is 0 Å². The monoisotopic (exact) mass is 712 g/mol. The first-order chi connectivity index (χ1) is 25.3. The Morgan fingerprint density at radius 2 is 1.40 bits per heavy atom. The van der Waals surface area contributed by atoms with Crippen LogP contribution < -0.4 is 5.32 Å². The summed E-state index contributed by atoms with van der Waals surface area (Å²) in [6, 6.07) is 25.6. The predicted molar refractivity (Wildman–Crippen MR) is 209 cm³/mol. The van der Waals surface area contributed by atoms with Crippen molar-refractivity contribution in [2.24, 2.45) is 0 Å². The van der Waals surface area contributed by atoms with E-state index >= 15 is 0 Å². The first-order valence-corrected chi connectivity index (χ1v) is 18.8. The molecule has 2 fully saturated rings. The van der Waals surface area contributed by atoms with Crippen LogP contribution in [0.5, 0.6) is 0 Å². The van der Waals surface area contributed by atoms with Crippen molar-refractivity contribution in [3.8, 4) is 22.3 Å². The zero-order valence-corrected chi connectivity index (χ0v) is 31.4. The van der Waals surface area contributed by atoms with Crippen LogP contribution in [-0.4, -0.2) is 60.8 Å². The van der Waals surface area contributed by atoms with E-state index in [0.717, 1.165) is 98.8 Å². The van der Waals surface area contributed by atoms with Gasteiger partial charge in [-0.1, -0.05) is 55.0 Å². The summed E-state index contributed by atoms with van der Waals surface area (Å²) in [6.45, 7) is 12.0. The van der Waals surface area contributed by atoms with Gasteiger partial charge in [0.25, 0.3) is 0 Å². The summed E-state index contributed by atoms with van der Waals surface area (Å²) in [5.41, 5.74) is 7.18. The van der Waals surface area contributed by atoms with E-state index in [4.69, 9.17) is 19.4 Å². The van der Waals surface area contributed by atoms with Gasteiger partial charge in [0, 0.05) is 23.9 Å². The first-order valence-electron chi connectivity index (χ1n) is 18.8. The highest BCUT2D eigenvalue weighted by Gasteiger charge is 2.36. The van der Waals surface area contributed by atoms with Crippen molar-refractivity contribution >= 4 is 45.0 Å². The maximum Gasteiger partial charge on any atom is 0.410 e. The lowest BCUT2D eigenvalue weighted by atomic mass is 9.98. The van der Waals surface area contributed by atoms with Crippen LogP contribution in [0, 0.1) is 0 Å². The van der Waals surface area contributed by atoms with Crippen LogP contribution in [0.4, 0.5) is 9.59 Å². The predicted octanol–water partition coefficient (Wildman–Crippen LogP) is 10.2. The molecular weight excluding hydrogens is 665 g/mol. The SMILES string of the molecule is CC(C)(C)OC(=O)NC1CCCC1c1nc2ccc(-c3ccc(-c4ccc5c(ccc6[nH]c(C7CCCN7C(=O)OC(C)(C)C)nc65)c4)cc3)cc2[nH]1. The van der Waals surface area contributed by atoms with E-state index in [2.05, 4.69) is 88.1 Å². The van der Waals surface area contributed by atoms with E-state index in [1.807, 2.05) is 41.5 Å². The summed E-state index contributed by atoms with van der Waals surface area (Å²) >= 11 is 0. The van der Waals surface area contributed by atoms with Gasteiger partial charge in [-0.25, -0.2) is 19.6 Å². The molecule has 3 heterocycles. The lowest BCUT2D eigenvalue weighted by Crippen LogP contribution is -2.40. The van der Waals surface area contributed by atoms with Crippen LogP contribution in [0.1, 0.15) is 97.3 Å². The molecule has 1 saturated heterocycles. The number of amides is 2. The number of ether oxygens (including phenoxy) is 2. The number of likely N-dealkylation sites (tertiary alicyclic amines) is 1. The Bertz CT molecular complexity index is 2330. The van der Waals surface area contributed by atoms with Crippen molar-refractivity contribution in [2.75, 3.05) is 6.54 Å². The van der Waals surface area contributed by atoms with Crippen molar-refractivity contribution in [3.05, 3.63) is 84.4 Å². The Morgan fingerprint density at radius 1 is 0.717 bits per heavy atom. The molecule has 8 rings (SSSR count). The number of rotatable bonds is 5. The Hall–Kier alpha value is -5.38. The smallest absolute Gasteiger partial charge is 0.410 e. The molecule has 2 aromatic heterocycles. The Balaban J connectivity index is 0.992. The van der Waals surface area contributed by atoms with Gasteiger partial charge >= 0.3 is 12.2 Å². The lowest BCUT2D eigenvalue weighted by Gasteiger charge is -2.27. The molecule has 6 aromatic rings. The molecule has 1 saturated carbocycles. The van der Waals surface area contributed by atoms with Gasteiger partial charge in [0.2, 0.25) is 0 Å². The second-order valence-corrected chi connectivity index (χ2v) is 16.6. The molecule has 0 bridgehead atoms. The Kier molecular flexibility index (Phi) is 8.66. The van der Waals surface area contributed by atoms with E-state index in [9.17, 15) is 9.59 Å². The van der Waals surface area contributed by atoms with Crippen molar-refractivity contribution in [2.45, 2.75) is 103 Å². The molecule has 53 heavy (non-hydrogen) atoms. The third-order valence-electron chi connectivity index (χ3n) is 10.3. The van der Waals surface area contributed by atoms with Crippen LogP contribution in [-0.2, 0) is 9.47 Å². The highest BCUT2D eigenvalue weighted by molar-refractivity contribution is 6.05. The second kappa shape index (κ2) is 13.2.